The minimum Gasteiger partial charge on any atom is -0.353 e. The Bertz CT molecular complexity index is 923. The Hall–Kier alpha value is -3.20. The van der Waals surface area contributed by atoms with Gasteiger partial charge in [-0.05, 0) is 29.8 Å². The molecule has 0 saturated carbocycles. The maximum absolute atomic E-state index is 12.5. The molecule has 0 radical (unpaired) electrons. The molecule has 3 N–H and O–H groups in total. The molecule has 1 fully saturated rings. The van der Waals surface area contributed by atoms with E-state index in [1.165, 1.54) is 23.2 Å². The van der Waals surface area contributed by atoms with E-state index >= 15 is 0 Å². The van der Waals surface area contributed by atoms with Crippen LogP contribution in [0.1, 0.15) is 37.4 Å². The van der Waals surface area contributed by atoms with Crippen molar-refractivity contribution in [2.24, 2.45) is 0 Å². The van der Waals surface area contributed by atoms with E-state index in [-0.39, 0.29) is 30.2 Å². The molecule has 1 aliphatic heterocycles. The van der Waals surface area contributed by atoms with Crippen molar-refractivity contribution >= 4 is 35.0 Å². The zero-order chi connectivity index (χ0) is 20.8. The molecule has 0 atom stereocenters. The molecule has 1 aromatic heterocycles. The summed E-state index contributed by atoms with van der Waals surface area (Å²) >= 11 is 1.33. The predicted molar refractivity (Wildman–Crippen MR) is 108 cm³/mol. The fourth-order valence-corrected chi connectivity index (χ4v) is 3.70. The summed E-state index contributed by atoms with van der Waals surface area (Å²) in [5.74, 6) is -0.642. The van der Waals surface area contributed by atoms with Crippen molar-refractivity contribution in [2.45, 2.75) is 20.0 Å². The van der Waals surface area contributed by atoms with Crippen molar-refractivity contribution < 1.29 is 19.2 Å². The van der Waals surface area contributed by atoms with Crippen LogP contribution in [0.15, 0.2) is 36.4 Å². The lowest BCUT2D eigenvalue weighted by atomic mass is 10.1. The van der Waals surface area contributed by atoms with Crippen molar-refractivity contribution in [1.82, 2.24) is 20.9 Å². The highest BCUT2D eigenvalue weighted by Crippen LogP contribution is 2.16. The summed E-state index contributed by atoms with van der Waals surface area (Å²) in [5.41, 5.74) is 1.37. The third kappa shape index (κ3) is 5.64. The maximum atomic E-state index is 12.5. The van der Waals surface area contributed by atoms with Gasteiger partial charge in [0.25, 0.3) is 11.8 Å². The molecule has 2 aromatic rings. The normalized spacial score (nSPS) is 13.6. The molecule has 1 aliphatic rings. The monoisotopic (exact) mass is 414 g/mol. The quantitative estimate of drug-likeness (QED) is 0.652. The van der Waals surface area contributed by atoms with Crippen LogP contribution in [0.5, 0.6) is 0 Å². The van der Waals surface area contributed by atoms with Crippen molar-refractivity contribution in [3.8, 4) is 0 Å². The highest BCUT2D eigenvalue weighted by molar-refractivity contribution is 7.14. The maximum Gasteiger partial charge on any atom is 0.261 e. The Balaban J connectivity index is 1.52. The average molecular weight is 414 g/mol. The van der Waals surface area contributed by atoms with E-state index in [0.717, 1.165) is 10.4 Å². The molecule has 152 valence electrons. The Kier molecular flexibility index (Phi) is 6.61. The third-order valence-corrected chi connectivity index (χ3v) is 5.46. The average Bonchev–Trinajstić information content (AvgIpc) is 3.19. The number of carbonyl (C=O) groups excluding carboxylic acids is 4. The second-order valence-electron chi connectivity index (χ2n) is 6.63. The topological polar surface area (TPSA) is 108 Å². The molecular formula is C20H22N4O4S. The highest BCUT2D eigenvalue weighted by atomic mass is 32.1. The van der Waals surface area contributed by atoms with Gasteiger partial charge in [0, 0.05) is 37.0 Å². The van der Waals surface area contributed by atoms with Crippen LogP contribution in [0.4, 0.5) is 0 Å². The highest BCUT2D eigenvalue weighted by Gasteiger charge is 2.22. The Morgan fingerprint density at radius 2 is 1.83 bits per heavy atom. The first-order chi connectivity index (χ1) is 13.9. The van der Waals surface area contributed by atoms with Crippen molar-refractivity contribution in [3.63, 3.8) is 0 Å². The van der Waals surface area contributed by atoms with E-state index in [0.29, 0.717) is 36.6 Å². The van der Waals surface area contributed by atoms with Gasteiger partial charge in [-0.2, -0.15) is 0 Å². The van der Waals surface area contributed by atoms with Crippen LogP contribution in [0.25, 0.3) is 0 Å². The lowest BCUT2D eigenvalue weighted by Gasteiger charge is -2.26. The summed E-state index contributed by atoms with van der Waals surface area (Å²) in [6.45, 7) is 3.21. The molecule has 2 heterocycles. The van der Waals surface area contributed by atoms with Gasteiger partial charge in [0.2, 0.25) is 11.8 Å². The second-order valence-corrected chi connectivity index (χ2v) is 7.80. The van der Waals surface area contributed by atoms with Crippen LogP contribution in [-0.4, -0.2) is 48.2 Å². The van der Waals surface area contributed by atoms with E-state index < -0.39 is 0 Å². The lowest BCUT2D eigenvalue weighted by molar-refractivity contribution is -0.123. The molecule has 9 heteroatoms. The molecule has 3 rings (SSSR count). The number of nitrogens with zero attached hydrogens (tertiary/aromatic N) is 1. The third-order valence-electron chi connectivity index (χ3n) is 4.38. The number of carbonyl (C=O) groups is 4. The number of nitrogens with one attached hydrogen (secondary N) is 3. The van der Waals surface area contributed by atoms with Crippen LogP contribution in [0, 0.1) is 0 Å². The minimum atomic E-state index is -0.191. The number of hydrogen-bond donors (Lipinski definition) is 3. The summed E-state index contributed by atoms with van der Waals surface area (Å²) in [7, 11) is 0. The molecular weight excluding hydrogens is 392 g/mol. The standard InChI is InChI=1S/C20H22N4O4S/c1-13(25)22-11-16-6-7-17(29-16)19(27)23-10-14-2-4-15(5-3-14)20(28)24-9-8-21-18(26)12-24/h2-7H,8-12H2,1H3,(H,21,26)(H,22,25)(H,23,27). The first kappa shape index (κ1) is 20.5. The minimum absolute atomic E-state index is 0.0708. The molecule has 0 spiro atoms. The number of benzene rings is 1. The van der Waals surface area contributed by atoms with Crippen LogP contribution in [0.2, 0.25) is 0 Å². The molecule has 1 aromatic carbocycles. The van der Waals surface area contributed by atoms with Crippen LogP contribution in [0.3, 0.4) is 0 Å². The summed E-state index contributed by atoms with van der Waals surface area (Å²) in [5, 5.41) is 8.24. The fourth-order valence-electron chi connectivity index (χ4n) is 2.84. The Labute approximate surface area is 172 Å². The second kappa shape index (κ2) is 9.33. The van der Waals surface area contributed by atoms with E-state index in [1.807, 2.05) is 6.07 Å². The van der Waals surface area contributed by atoms with E-state index in [1.54, 1.807) is 30.3 Å². The van der Waals surface area contributed by atoms with Gasteiger partial charge in [0.05, 0.1) is 18.0 Å². The van der Waals surface area contributed by atoms with E-state index in [2.05, 4.69) is 16.0 Å². The zero-order valence-electron chi connectivity index (χ0n) is 16.0. The van der Waals surface area contributed by atoms with Crippen molar-refractivity contribution in [2.75, 3.05) is 19.6 Å². The first-order valence-electron chi connectivity index (χ1n) is 9.18. The molecule has 0 unspecified atom stereocenters. The van der Waals surface area contributed by atoms with Gasteiger partial charge in [-0.3, -0.25) is 19.2 Å². The molecule has 4 amide bonds. The summed E-state index contributed by atoms with van der Waals surface area (Å²) in [4.78, 5) is 50.1. The summed E-state index contributed by atoms with van der Waals surface area (Å²) < 4.78 is 0. The molecule has 0 bridgehead atoms. The van der Waals surface area contributed by atoms with Gasteiger partial charge >= 0.3 is 0 Å². The summed E-state index contributed by atoms with van der Waals surface area (Å²) in [6.07, 6.45) is 0. The van der Waals surface area contributed by atoms with Gasteiger partial charge in [0.1, 0.15) is 0 Å². The number of thiophene rings is 1. The Morgan fingerprint density at radius 3 is 2.52 bits per heavy atom. The van der Waals surface area contributed by atoms with Gasteiger partial charge in [-0.25, -0.2) is 0 Å². The number of hydrogen-bond acceptors (Lipinski definition) is 5. The number of amides is 4. The van der Waals surface area contributed by atoms with Gasteiger partial charge < -0.3 is 20.9 Å². The lowest BCUT2D eigenvalue weighted by Crippen LogP contribution is -2.49. The number of rotatable bonds is 6. The van der Waals surface area contributed by atoms with Crippen LogP contribution in [-0.2, 0) is 22.7 Å². The summed E-state index contributed by atoms with van der Waals surface area (Å²) in [6, 6.07) is 10.5. The fraction of sp³-hybridized carbons (Fsp3) is 0.300. The zero-order valence-corrected chi connectivity index (χ0v) is 16.8. The number of piperazine rings is 1. The largest absolute Gasteiger partial charge is 0.353 e. The molecule has 1 saturated heterocycles. The Morgan fingerprint density at radius 1 is 1.07 bits per heavy atom. The van der Waals surface area contributed by atoms with Crippen LogP contribution < -0.4 is 16.0 Å². The SMILES string of the molecule is CC(=O)NCc1ccc(C(=O)NCc2ccc(C(=O)N3CCNC(=O)C3)cc2)s1. The van der Waals surface area contributed by atoms with Crippen molar-refractivity contribution in [1.29, 1.82) is 0 Å². The van der Waals surface area contributed by atoms with Crippen molar-refractivity contribution in [3.05, 3.63) is 57.3 Å². The first-order valence-corrected chi connectivity index (χ1v) is 10.0. The molecule has 0 aliphatic carbocycles. The van der Waals surface area contributed by atoms with E-state index in [9.17, 15) is 19.2 Å². The van der Waals surface area contributed by atoms with Gasteiger partial charge in [-0.1, -0.05) is 12.1 Å². The molecule has 29 heavy (non-hydrogen) atoms. The van der Waals surface area contributed by atoms with Gasteiger partial charge in [-0.15, -0.1) is 11.3 Å². The molecule has 8 nitrogen and oxygen atoms in total. The predicted octanol–water partition coefficient (Wildman–Crippen LogP) is 0.886. The van der Waals surface area contributed by atoms with E-state index in [4.69, 9.17) is 0 Å². The van der Waals surface area contributed by atoms with Crippen LogP contribution >= 0.6 is 11.3 Å². The van der Waals surface area contributed by atoms with Gasteiger partial charge in [0.15, 0.2) is 0 Å². The smallest absolute Gasteiger partial charge is 0.261 e.